The number of rotatable bonds is 3. The molecule has 2 aromatic rings. The fraction of sp³-hybridized carbons (Fsp3) is 0.167. The summed E-state index contributed by atoms with van der Waals surface area (Å²) in [4.78, 5) is 24.8. The molecule has 0 aromatic heterocycles. The predicted molar refractivity (Wildman–Crippen MR) is 85.2 cm³/mol. The van der Waals surface area contributed by atoms with Gasteiger partial charge in [0.2, 0.25) is 5.91 Å². The maximum Gasteiger partial charge on any atom is 0.325 e. The van der Waals surface area contributed by atoms with Crippen molar-refractivity contribution in [2.45, 2.75) is 12.5 Å². The van der Waals surface area contributed by atoms with Crippen molar-refractivity contribution in [3.05, 3.63) is 60.2 Å². The molecule has 1 saturated heterocycles. The molecule has 1 N–H and O–H groups in total. The van der Waals surface area contributed by atoms with Crippen molar-refractivity contribution in [3.63, 3.8) is 0 Å². The van der Waals surface area contributed by atoms with Gasteiger partial charge >= 0.3 is 6.03 Å². The van der Waals surface area contributed by atoms with Crippen LogP contribution in [0.15, 0.2) is 54.6 Å². The van der Waals surface area contributed by atoms with E-state index in [9.17, 15) is 9.59 Å². The van der Waals surface area contributed by atoms with Crippen LogP contribution in [-0.2, 0) is 11.2 Å². The van der Waals surface area contributed by atoms with Crippen LogP contribution in [0.2, 0.25) is 0 Å². The molecule has 1 heterocycles. The van der Waals surface area contributed by atoms with E-state index in [1.54, 1.807) is 0 Å². The Kier molecular flexibility index (Phi) is 4.07. The van der Waals surface area contributed by atoms with Gasteiger partial charge in [0.15, 0.2) is 0 Å². The van der Waals surface area contributed by atoms with Gasteiger partial charge in [-0.2, -0.15) is 5.26 Å². The first-order valence-corrected chi connectivity index (χ1v) is 7.32. The van der Waals surface area contributed by atoms with Crippen LogP contribution in [-0.4, -0.2) is 29.4 Å². The zero-order chi connectivity index (χ0) is 16.2. The van der Waals surface area contributed by atoms with E-state index in [0.29, 0.717) is 6.54 Å². The summed E-state index contributed by atoms with van der Waals surface area (Å²) < 4.78 is 0. The van der Waals surface area contributed by atoms with E-state index >= 15 is 0 Å². The largest absolute Gasteiger partial charge is 0.325 e. The van der Waals surface area contributed by atoms with Crippen molar-refractivity contribution >= 4 is 11.9 Å². The molecule has 3 rings (SSSR count). The minimum atomic E-state index is -0.498. The monoisotopic (exact) mass is 305 g/mol. The normalized spacial score (nSPS) is 15.6. The van der Waals surface area contributed by atoms with Crippen molar-refractivity contribution in [3.8, 4) is 17.2 Å². The molecule has 5 nitrogen and oxygen atoms in total. The summed E-state index contributed by atoms with van der Waals surface area (Å²) in [5.74, 6) is -0.369. The van der Waals surface area contributed by atoms with Crippen molar-refractivity contribution in [1.82, 2.24) is 10.2 Å². The average molecular weight is 305 g/mol. The summed E-state index contributed by atoms with van der Waals surface area (Å²) in [6.45, 7) is 0.390. The molecule has 1 unspecified atom stereocenters. The first kappa shape index (κ1) is 14.8. The van der Waals surface area contributed by atoms with Gasteiger partial charge < -0.3 is 4.90 Å². The Bertz CT molecular complexity index is 763. The van der Waals surface area contributed by atoms with Gasteiger partial charge in [0, 0.05) is 0 Å². The van der Waals surface area contributed by atoms with E-state index in [4.69, 9.17) is 5.26 Å². The lowest BCUT2D eigenvalue weighted by Crippen LogP contribution is -2.35. The average Bonchev–Trinajstić information content (AvgIpc) is 3.36. The molecule has 0 spiro atoms. The van der Waals surface area contributed by atoms with Crippen molar-refractivity contribution in [2.75, 3.05) is 6.54 Å². The standard InChI is InChI=1S/C18H15N3O2/c19-11-16-12-21(16)18(23)20-17(22)10-13-6-8-15(9-7-13)14-4-2-1-3-5-14/h1-9,16H,10,12H2,(H,20,22,23). The lowest BCUT2D eigenvalue weighted by Gasteiger charge is -2.06. The molecular weight excluding hydrogens is 290 g/mol. The van der Waals surface area contributed by atoms with Crippen LogP contribution in [0, 0.1) is 11.3 Å². The Hall–Kier alpha value is -3.13. The van der Waals surface area contributed by atoms with Gasteiger partial charge in [0.1, 0.15) is 6.04 Å². The van der Waals surface area contributed by atoms with Crippen molar-refractivity contribution in [1.29, 1.82) is 5.26 Å². The van der Waals surface area contributed by atoms with E-state index in [-0.39, 0.29) is 12.3 Å². The second kappa shape index (κ2) is 6.32. The van der Waals surface area contributed by atoms with Gasteiger partial charge in [-0.1, -0.05) is 54.6 Å². The van der Waals surface area contributed by atoms with Gasteiger partial charge in [0.25, 0.3) is 0 Å². The number of nitriles is 1. The van der Waals surface area contributed by atoms with Gasteiger partial charge in [-0.15, -0.1) is 0 Å². The highest BCUT2D eigenvalue weighted by molar-refractivity contribution is 5.96. The molecule has 3 amide bonds. The lowest BCUT2D eigenvalue weighted by atomic mass is 10.0. The first-order valence-electron chi connectivity index (χ1n) is 7.32. The maximum absolute atomic E-state index is 11.9. The molecule has 1 aliphatic heterocycles. The molecule has 114 valence electrons. The van der Waals surface area contributed by atoms with Crippen LogP contribution in [0.1, 0.15) is 5.56 Å². The highest BCUT2D eigenvalue weighted by atomic mass is 16.2. The van der Waals surface area contributed by atoms with E-state index in [2.05, 4.69) is 5.32 Å². The number of benzene rings is 2. The van der Waals surface area contributed by atoms with Crippen LogP contribution in [0.3, 0.4) is 0 Å². The van der Waals surface area contributed by atoms with E-state index in [0.717, 1.165) is 16.7 Å². The molecule has 2 aromatic carbocycles. The Balaban J connectivity index is 1.57. The zero-order valence-electron chi connectivity index (χ0n) is 12.4. The second-order valence-electron chi connectivity index (χ2n) is 5.39. The van der Waals surface area contributed by atoms with Gasteiger partial charge in [0.05, 0.1) is 19.0 Å². The minimum Gasteiger partial charge on any atom is -0.303 e. The molecule has 0 bridgehead atoms. The van der Waals surface area contributed by atoms with Crippen LogP contribution >= 0.6 is 0 Å². The molecule has 0 saturated carbocycles. The molecule has 1 fully saturated rings. The third-order valence-corrected chi connectivity index (χ3v) is 3.69. The van der Waals surface area contributed by atoms with Gasteiger partial charge in [-0.25, -0.2) is 4.79 Å². The summed E-state index contributed by atoms with van der Waals surface area (Å²) in [7, 11) is 0. The quantitative estimate of drug-likeness (QED) is 0.885. The lowest BCUT2D eigenvalue weighted by molar-refractivity contribution is -0.119. The number of nitrogens with zero attached hydrogens (tertiary/aromatic N) is 2. The van der Waals surface area contributed by atoms with E-state index < -0.39 is 12.1 Å². The molecule has 23 heavy (non-hydrogen) atoms. The first-order chi connectivity index (χ1) is 11.2. The molecular formula is C18H15N3O2. The second-order valence-corrected chi connectivity index (χ2v) is 5.39. The summed E-state index contributed by atoms with van der Waals surface area (Å²) in [6, 6.07) is 18.7. The Morgan fingerprint density at radius 2 is 1.74 bits per heavy atom. The number of hydrogen-bond acceptors (Lipinski definition) is 3. The summed E-state index contributed by atoms with van der Waals surface area (Å²) in [5.41, 5.74) is 3.02. The van der Waals surface area contributed by atoms with Crippen LogP contribution in [0.4, 0.5) is 4.79 Å². The third-order valence-electron chi connectivity index (χ3n) is 3.69. The van der Waals surface area contributed by atoms with Crippen molar-refractivity contribution < 1.29 is 9.59 Å². The topological polar surface area (TPSA) is 73.0 Å². The fourth-order valence-electron chi connectivity index (χ4n) is 2.34. The predicted octanol–water partition coefficient (Wildman–Crippen LogP) is 2.34. The molecule has 0 aliphatic carbocycles. The van der Waals surface area contributed by atoms with Gasteiger partial charge in [-0.05, 0) is 16.7 Å². The summed E-state index contributed by atoms with van der Waals surface area (Å²) >= 11 is 0. The van der Waals surface area contributed by atoms with Gasteiger partial charge in [-0.3, -0.25) is 10.1 Å². The Labute approximate surface area is 134 Å². The number of carbonyl (C=O) groups is 2. The summed E-state index contributed by atoms with van der Waals surface area (Å²) in [5, 5.41) is 11.0. The highest BCUT2D eigenvalue weighted by Gasteiger charge is 2.39. The minimum absolute atomic E-state index is 0.131. The van der Waals surface area contributed by atoms with E-state index in [1.807, 2.05) is 60.7 Å². The summed E-state index contributed by atoms with van der Waals surface area (Å²) in [6.07, 6.45) is 0.131. The Morgan fingerprint density at radius 1 is 1.09 bits per heavy atom. The number of imide groups is 1. The number of urea groups is 1. The fourth-order valence-corrected chi connectivity index (χ4v) is 2.34. The molecule has 1 atom stereocenters. The highest BCUT2D eigenvalue weighted by Crippen LogP contribution is 2.19. The van der Waals surface area contributed by atoms with Crippen molar-refractivity contribution in [2.24, 2.45) is 0 Å². The zero-order valence-corrected chi connectivity index (χ0v) is 12.4. The number of amides is 3. The van der Waals surface area contributed by atoms with Crippen LogP contribution in [0.5, 0.6) is 0 Å². The van der Waals surface area contributed by atoms with Crippen LogP contribution < -0.4 is 5.32 Å². The number of hydrogen-bond donors (Lipinski definition) is 1. The molecule has 0 radical (unpaired) electrons. The molecule has 5 heteroatoms. The number of nitrogens with one attached hydrogen (secondary N) is 1. The van der Waals surface area contributed by atoms with Crippen LogP contribution in [0.25, 0.3) is 11.1 Å². The van der Waals surface area contributed by atoms with E-state index in [1.165, 1.54) is 4.90 Å². The Morgan fingerprint density at radius 3 is 2.35 bits per heavy atom. The smallest absolute Gasteiger partial charge is 0.303 e. The SMILES string of the molecule is N#CC1CN1C(=O)NC(=O)Cc1ccc(-c2ccccc2)cc1. The maximum atomic E-state index is 11.9. The number of carbonyl (C=O) groups excluding carboxylic acids is 2. The molecule has 1 aliphatic rings. The third kappa shape index (κ3) is 3.55.